The molecule has 3 fully saturated rings. The number of anilines is 1. The van der Waals surface area contributed by atoms with Gasteiger partial charge in [0.05, 0.1) is 14.2 Å². The van der Waals surface area contributed by atoms with Crippen LogP contribution in [0.25, 0.3) is 0 Å². The zero-order chi connectivity index (χ0) is 20.3. The van der Waals surface area contributed by atoms with Crippen LogP contribution in [0.4, 0.5) is 5.69 Å². The highest BCUT2D eigenvalue weighted by molar-refractivity contribution is 5.87. The lowest BCUT2D eigenvalue weighted by atomic mass is 9.91. The molecule has 0 radical (unpaired) electrons. The van der Waals surface area contributed by atoms with Gasteiger partial charge in [-0.05, 0) is 63.7 Å². The quantitative estimate of drug-likeness (QED) is 0.791. The van der Waals surface area contributed by atoms with E-state index in [1.165, 1.54) is 25.7 Å². The van der Waals surface area contributed by atoms with Gasteiger partial charge in [0.25, 0.3) is 0 Å². The second kappa shape index (κ2) is 8.82. The van der Waals surface area contributed by atoms with Crippen molar-refractivity contribution in [1.29, 1.82) is 0 Å². The Bertz CT molecular complexity index is 711. The number of nitrogens with zero attached hydrogens (tertiary/aromatic N) is 2. The van der Waals surface area contributed by atoms with Gasteiger partial charge in [-0.1, -0.05) is 12.8 Å². The smallest absolute Gasteiger partial charge is 0.243 e. The largest absolute Gasteiger partial charge is 0.493 e. The SMILES string of the molecule is COc1ccc(NC2CCCN(C(=O)C3(N4CCCC4)CCCC3)C2)cc1OC. The molecule has 3 aliphatic rings. The molecule has 1 unspecified atom stereocenters. The van der Waals surface area contributed by atoms with Crippen molar-refractivity contribution in [2.24, 2.45) is 0 Å². The molecule has 1 aromatic carbocycles. The Hall–Kier alpha value is -1.95. The summed E-state index contributed by atoms with van der Waals surface area (Å²) >= 11 is 0. The zero-order valence-corrected chi connectivity index (χ0v) is 17.9. The van der Waals surface area contributed by atoms with E-state index in [1.54, 1.807) is 14.2 Å². The minimum absolute atomic E-state index is 0.221. The first-order valence-electron chi connectivity index (χ1n) is 11.2. The van der Waals surface area contributed by atoms with Gasteiger partial charge in [-0.3, -0.25) is 9.69 Å². The summed E-state index contributed by atoms with van der Waals surface area (Å²) in [6.45, 7) is 3.85. The van der Waals surface area contributed by atoms with Crippen LogP contribution in [-0.4, -0.2) is 67.7 Å². The lowest BCUT2D eigenvalue weighted by molar-refractivity contribution is -0.145. The van der Waals surface area contributed by atoms with Crippen LogP contribution in [0.3, 0.4) is 0 Å². The summed E-state index contributed by atoms with van der Waals surface area (Å²) in [5, 5.41) is 3.62. The topological polar surface area (TPSA) is 54.0 Å². The lowest BCUT2D eigenvalue weighted by Gasteiger charge is -2.43. The Kier molecular flexibility index (Phi) is 6.18. The highest BCUT2D eigenvalue weighted by Crippen LogP contribution is 2.39. The number of piperidine rings is 1. The number of nitrogens with one attached hydrogen (secondary N) is 1. The van der Waals surface area contributed by atoms with Crippen LogP contribution in [0.5, 0.6) is 11.5 Å². The number of methoxy groups -OCH3 is 2. The van der Waals surface area contributed by atoms with E-state index >= 15 is 0 Å². The van der Waals surface area contributed by atoms with Crippen LogP contribution in [0.2, 0.25) is 0 Å². The molecule has 1 aliphatic carbocycles. The number of carbonyl (C=O) groups excluding carboxylic acids is 1. The molecule has 1 amide bonds. The molecular formula is C23H35N3O3. The monoisotopic (exact) mass is 401 g/mol. The fourth-order valence-electron chi connectivity index (χ4n) is 5.51. The maximum Gasteiger partial charge on any atom is 0.243 e. The van der Waals surface area contributed by atoms with Gasteiger partial charge in [0.15, 0.2) is 11.5 Å². The summed E-state index contributed by atoms with van der Waals surface area (Å²) in [6, 6.07) is 6.18. The van der Waals surface area contributed by atoms with E-state index in [4.69, 9.17) is 9.47 Å². The van der Waals surface area contributed by atoms with E-state index in [0.717, 1.165) is 69.0 Å². The summed E-state index contributed by atoms with van der Waals surface area (Å²) < 4.78 is 10.8. The van der Waals surface area contributed by atoms with Crippen LogP contribution in [0.15, 0.2) is 18.2 Å². The van der Waals surface area contributed by atoms with Gasteiger partial charge in [-0.25, -0.2) is 0 Å². The first-order chi connectivity index (χ1) is 14.2. The Morgan fingerprint density at radius 1 is 1.00 bits per heavy atom. The van der Waals surface area contributed by atoms with Gasteiger partial charge in [-0.15, -0.1) is 0 Å². The summed E-state index contributed by atoms with van der Waals surface area (Å²) in [6.07, 6.45) is 9.04. The first-order valence-corrected chi connectivity index (χ1v) is 11.2. The molecule has 0 bridgehead atoms. The number of rotatable bonds is 6. The molecule has 6 nitrogen and oxygen atoms in total. The van der Waals surface area contributed by atoms with Gasteiger partial charge in [-0.2, -0.15) is 0 Å². The Balaban J connectivity index is 1.44. The van der Waals surface area contributed by atoms with Crippen molar-refractivity contribution in [2.45, 2.75) is 62.9 Å². The third-order valence-corrected chi connectivity index (χ3v) is 7.00. The van der Waals surface area contributed by atoms with Crippen molar-refractivity contribution >= 4 is 11.6 Å². The Morgan fingerprint density at radius 2 is 1.72 bits per heavy atom. The highest BCUT2D eigenvalue weighted by Gasteiger charge is 2.49. The molecule has 2 heterocycles. The fraction of sp³-hybridized carbons (Fsp3) is 0.696. The number of benzene rings is 1. The molecule has 1 atom stereocenters. The number of hydrogen-bond donors (Lipinski definition) is 1. The Morgan fingerprint density at radius 3 is 2.41 bits per heavy atom. The van der Waals surface area contributed by atoms with Crippen molar-refractivity contribution in [3.05, 3.63) is 18.2 Å². The van der Waals surface area contributed by atoms with Crippen molar-refractivity contribution in [3.8, 4) is 11.5 Å². The first kappa shape index (κ1) is 20.3. The Labute approximate surface area is 174 Å². The number of amides is 1. The molecule has 1 N–H and O–H groups in total. The van der Waals surface area contributed by atoms with Crippen LogP contribution in [0.1, 0.15) is 51.4 Å². The van der Waals surface area contributed by atoms with E-state index in [2.05, 4.69) is 15.1 Å². The number of likely N-dealkylation sites (tertiary alicyclic amines) is 2. The lowest BCUT2D eigenvalue weighted by Crippen LogP contribution is -2.59. The maximum atomic E-state index is 13.7. The molecule has 29 heavy (non-hydrogen) atoms. The van der Waals surface area contributed by atoms with E-state index in [-0.39, 0.29) is 11.6 Å². The summed E-state index contributed by atoms with van der Waals surface area (Å²) in [5.74, 6) is 1.84. The average molecular weight is 402 g/mol. The normalized spacial score (nSPS) is 24.5. The van der Waals surface area contributed by atoms with Crippen LogP contribution >= 0.6 is 0 Å². The second-order valence-electron chi connectivity index (χ2n) is 8.74. The van der Waals surface area contributed by atoms with Gasteiger partial charge < -0.3 is 19.7 Å². The predicted octanol–water partition coefficient (Wildman–Crippen LogP) is 3.52. The van der Waals surface area contributed by atoms with E-state index in [0.29, 0.717) is 5.91 Å². The number of ether oxygens (including phenoxy) is 2. The van der Waals surface area contributed by atoms with Gasteiger partial charge in [0.2, 0.25) is 5.91 Å². The molecule has 1 saturated carbocycles. The predicted molar refractivity (Wildman–Crippen MR) is 115 cm³/mol. The van der Waals surface area contributed by atoms with Crippen LogP contribution in [0, 0.1) is 0 Å². The molecule has 4 rings (SSSR count). The minimum Gasteiger partial charge on any atom is -0.493 e. The third-order valence-electron chi connectivity index (χ3n) is 7.00. The van der Waals surface area contributed by atoms with E-state index < -0.39 is 0 Å². The van der Waals surface area contributed by atoms with Crippen LogP contribution < -0.4 is 14.8 Å². The van der Waals surface area contributed by atoms with Crippen molar-refractivity contribution in [2.75, 3.05) is 45.7 Å². The molecule has 0 aromatic heterocycles. The minimum atomic E-state index is -0.221. The molecular weight excluding hydrogens is 366 g/mol. The summed E-state index contributed by atoms with van der Waals surface area (Å²) in [4.78, 5) is 18.4. The molecule has 2 aliphatic heterocycles. The summed E-state index contributed by atoms with van der Waals surface area (Å²) in [7, 11) is 3.30. The standard InChI is InChI=1S/C23H35N3O3/c1-28-20-10-9-18(16-21(20)29-2)24-19-8-7-13-25(17-19)22(27)23(11-3-4-12-23)26-14-5-6-15-26/h9-10,16,19,24H,3-8,11-15,17H2,1-2H3. The molecule has 6 heteroatoms. The van der Waals surface area contributed by atoms with Crippen molar-refractivity contribution < 1.29 is 14.3 Å². The van der Waals surface area contributed by atoms with Gasteiger partial charge >= 0.3 is 0 Å². The van der Waals surface area contributed by atoms with Gasteiger partial charge in [0.1, 0.15) is 5.54 Å². The third kappa shape index (κ3) is 4.04. The number of carbonyl (C=O) groups is 1. The van der Waals surface area contributed by atoms with E-state index in [9.17, 15) is 4.79 Å². The molecule has 1 aromatic rings. The van der Waals surface area contributed by atoms with Crippen molar-refractivity contribution in [1.82, 2.24) is 9.80 Å². The van der Waals surface area contributed by atoms with Crippen LogP contribution in [-0.2, 0) is 4.79 Å². The van der Waals surface area contributed by atoms with E-state index in [1.807, 2.05) is 18.2 Å². The van der Waals surface area contributed by atoms with Gasteiger partial charge in [0, 0.05) is 30.9 Å². The fourth-order valence-corrected chi connectivity index (χ4v) is 5.51. The van der Waals surface area contributed by atoms with Crippen molar-refractivity contribution in [3.63, 3.8) is 0 Å². The number of hydrogen-bond acceptors (Lipinski definition) is 5. The molecule has 0 spiro atoms. The average Bonchev–Trinajstić information content (AvgIpc) is 3.46. The molecule has 160 valence electrons. The zero-order valence-electron chi connectivity index (χ0n) is 17.9. The highest BCUT2D eigenvalue weighted by atomic mass is 16.5. The maximum absolute atomic E-state index is 13.7. The summed E-state index contributed by atoms with van der Waals surface area (Å²) in [5.41, 5.74) is 0.791. The second-order valence-corrected chi connectivity index (χ2v) is 8.74. The molecule has 2 saturated heterocycles.